The summed E-state index contributed by atoms with van der Waals surface area (Å²) in [5.41, 5.74) is 4.95. The maximum atomic E-state index is 12.2. The molecule has 2 aromatic rings. The van der Waals surface area contributed by atoms with Crippen molar-refractivity contribution in [3.8, 4) is 28.2 Å². The van der Waals surface area contributed by atoms with Crippen molar-refractivity contribution in [2.45, 2.75) is 0 Å². The molecule has 38 heavy (non-hydrogen) atoms. The molecule has 0 spiro atoms. The predicted molar refractivity (Wildman–Crippen MR) is 147 cm³/mol. The van der Waals surface area contributed by atoms with E-state index in [1.165, 1.54) is 21.3 Å². The van der Waals surface area contributed by atoms with E-state index >= 15 is 0 Å². The third-order valence-corrected chi connectivity index (χ3v) is 6.37. The Morgan fingerprint density at radius 1 is 0.895 bits per heavy atom. The fraction of sp³-hybridized carbons (Fsp3) is 0.276. The van der Waals surface area contributed by atoms with Crippen LogP contribution >= 0.6 is 0 Å². The third kappa shape index (κ3) is 5.27. The topological polar surface area (TPSA) is 93.8 Å². The van der Waals surface area contributed by atoms with Crippen LogP contribution < -0.4 is 19.9 Å². The first-order valence-electron chi connectivity index (χ1n) is 12.0. The minimum atomic E-state index is -0.497. The van der Waals surface area contributed by atoms with Crippen molar-refractivity contribution in [2.75, 3.05) is 65.4 Å². The molecule has 0 N–H and O–H groups in total. The SMILES string of the molecule is CN=c1ccc2c(-c3ccc(OC)c(N(CC(=O)OC)CC(=O)OC)c3)c3ccc(N(C)C)cc3oc-2c1. The van der Waals surface area contributed by atoms with E-state index in [4.69, 9.17) is 18.6 Å². The second-order valence-corrected chi connectivity index (χ2v) is 8.85. The molecule has 9 heteroatoms. The number of methoxy groups -OCH3 is 3. The van der Waals surface area contributed by atoms with Crippen molar-refractivity contribution in [1.82, 2.24) is 0 Å². The molecular weight excluding hydrogens is 486 g/mol. The quantitative estimate of drug-likeness (QED) is 0.256. The summed E-state index contributed by atoms with van der Waals surface area (Å²) >= 11 is 0. The van der Waals surface area contributed by atoms with Crippen molar-refractivity contribution >= 4 is 34.3 Å². The number of benzene rings is 3. The lowest BCUT2D eigenvalue weighted by atomic mass is 9.93. The van der Waals surface area contributed by atoms with E-state index in [0.717, 1.165) is 33.1 Å². The number of rotatable bonds is 8. The molecule has 9 nitrogen and oxygen atoms in total. The van der Waals surface area contributed by atoms with Crippen LogP contribution in [0.1, 0.15) is 0 Å². The lowest BCUT2D eigenvalue weighted by molar-refractivity contribution is -0.140. The molecule has 2 aromatic carbocycles. The summed E-state index contributed by atoms with van der Waals surface area (Å²) in [6, 6.07) is 17.6. The number of fused-ring (bicyclic) bond motifs is 2. The smallest absolute Gasteiger partial charge is 0.325 e. The molecule has 0 aromatic heterocycles. The maximum absolute atomic E-state index is 12.2. The van der Waals surface area contributed by atoms with Gasteiger partial charge in [0, 0.05) is 55.5 Å². The minimum absolute atomic E-state index is 0.162. The van der Waals surface area contributed by atoms with Gasteiger partial charge in [0.25, 0.3) is 0 Å². The summed E-state index contributed by atoms with van der Waals surface area (Å²) in [7, 11) is 9.83. The van der Waals surface area contributed by atoms with E-state index in [1.54, 1.807) is 11.9 Å². The molecule has 0 amide bonds. The van der Waals surface area contributed by atoms with Crippen LogP contribution in [0.3, 0.4) is 0 Å². The molecule has 0 fully saturated rings. The van der Waals surface area contributed by atoms with Gasteiger partial charge in [-0.3, -0.25) is 14.6 Å². The molecule has 198 valence electrons. The van der Waals surface area contributed by atoms with Gasteiger partial charge in [0.15, 0.2) is 0 Å². The van der Waals surface area contributed by atoms with Gasteiger partial charge in [-0.2, -0.15) is 0 Å². The first kappa shape index (κ1) is 26.5. The minimum Gasteiger partial charge on any atom is -0.495 e. The van der Waals surface area contributed by atoms with Crippen LogP contribution in [0.5, 0.6) is 5.75 Å². The predicted octanol–water partition coefficient (Wildman–Crippen LogP) is 3.96. The summed E-state index contributed by atoms with van der Waals surface area (Å²) < 4.78 is 21.7. The average Bonchev–Trinajstić information content (AvgIpc) is 2.94. The summed E-state index contributed by atoms with van der Waals surface area (Å²) in [5.74, 6) is 0.188. The second kappa shape index (κ2) is 11.2. The van der Waals surface area contributed by atoms with Crippen molar-refractivity contribution in [3.63, 3.8) is 0 Å². The summed E-state index contributed by atoms with van der Waals surface area (Å²) in [4.78, 5) is 32.4. The van der Waals surface area contributed by atoms with E-state index in [2.05, 4.69) is 4.99 Å². The number of anilines is 2. The molecule has 4 rings (SSSR count). The molecule has 0 radical (unpaired) electrons. The Kier molecular flexibility index (Phi) is 7.85. The number of carbonyl (C=O) groups excluding carboxylic acids is 2. The monoisotopic (exact) mass is 517 g/mol. The normalized spacial score (nSPS) is 11.5. The van der Waals surface area contributed by atoms with Gasteiger partial charge in [0.2, 0.25) is 0 Å². The first-order chi connectivity index (χ1) is 18.3. The first-order valence-corrected chi connectivity index (χ1v) is 12.0. The van der Waals surface area contributed by atoms with E-state index in [9.17, 15) is 9.59 Å². The fourth-order valence-corrected chi connectivity index (χ4v) is 4.36. The van der Waals surface area contributed by atoms with Crippen LogP contribution in [0.4, 0.5) is 11.4 Å². The lowest BCUT2D eigenvalue weighted by Gasteiger charge is -2.25. The Morgan fingerprint density at radius 3 is 2.21 bits per heavy atom. The van der Waals surface area contributed by atoms with Crippen LogP contribution in [0.2, 0.25) is 0 Å². The van der Waals surface area contributed by atoms with Crippen LogP contribution in [0.15, 0.2) is 64.0 Å². The largest absolute Gasteiger partial charge is 0.495 e. The third-order valence-electron chi connectivity index (χ3n) is 6.37. The van der Waals surface area contributed by atoms with Gasteiger partial charge < -0.3 is 28.4 Å². The van der Waals surface area contributed by atoms with E-state index in [1.807, 2.05) is 73.6 Å². The van der Waals surface area contributed by atoms with E-state index < -0.39 is 11.9 Å². The highest BCUT2D eigenvalue weighted by Crippen LogP contribution is 2.43. The molecular formula is C29H31N3O6. The summed E-state index contributed by atoms with van der Waals surface area (Å²) in [6.45, 7) is -0.324. The molecule has 0 unspecified atom stereocenters. The molecule has 1 aliphatic carbocycles. The zero-order valence-corrected chi connectivity index (χ0v) is 22.4. The summed E-state index contributed by atoms with van der Waals surface area (Å²) in [6.07, 6.45) is 0. The molecule has 0 atom stereocenters. The average molecular weight is 518 g/mol. The number of carbonyl (C=O) groups is 2. The highest BCUT2D eigenvalue weighted by atomic mass is 16.5. The van der Waals surface area contributed by atoms with Crippen molar-refractivity contribution < 1.29 is 28.2 Å². The van der Waals surface area contributed by atoms with Gasteiger partial charge in [0.05, 0.1) is 32.4 Å². The lowest BCUT2D eigenvalue weighted by Crippen LogP contribution is -2.35. The zero-order valence-electron chi connectivity index (χ0n) is 22.4. The number of hydrogen-bond donors (Lipinski definition) is 0. The van der Waals surface area contributed by atoms with Crippen LogP contribution in [-0.2, 0) is 19.1 Å². The van der Waals surface area contributed by atoms with Gasteiger partial charge in [-0.25, -0.2) is 0 Å². The second-order valence-electron chi connectivity index (χ2n) is 8.85. The van der Waals surface area contributed by atoms with Gasteiger partial charge in [-0.1, -0.05) is 6.07 Å². The standard InChI is InChI=1S/C29H31N3O6/c1-30-19-8-10-21-25(14-19)38-26-15-20(31(2)3)9-11-22(26)29(21)18-7-12-24(35-4)23(13-18)32(16-27(33)36-5)17-28(34)37-6/h7-15H,16-17H2,1-6H3. The summed E-state index contributed by atoms with van der Waals surface area (Å²) in [5, 5.41) is 1.71. The van der Waals surface area contributed by atoms with Gasteiger partial charge >= 0.3 is 11.9 Å². The van der Waals surface area contributed by atoms with Crippen molar-refractivity contribution in [2.24, 2.45) is 4.99 Å². The molecule has 0 saturated carbocycles. The molecule has 0 saturated heterocycles. The van der Waals surface area contributed by atoms with E-state index in [-0.39, 0.29) is 13.1 Å². The van der Waals surface area contributed by atoms with Gasteiger partial charge in [-0.05, 0) is 42.0 Å². The zero-order chi connectivity index (χ0) is 27.4. The maximum Gasteiger partial charge on any atom is 0.325 e. The van der Waals surface area contributed by atoms with Gasteiger partial charge in [-0.15, -0.1) is 0 Å². The van der Waals surface area contributed by atoms with Crippen LogP contribution in [0, 0.1) is 0 Å². The molecule has 1 aliphatic heterocycles. The van der Waals surface area contributed by atoms with Crippen LogP contribution in [0.25, 0.3) is 33.4 Å². The number of nitrogens with zero attached hydrogens (tertiary/aromatic N) is 3. The Bertz CT molecular complexity index is 1510. The highest BCUT2D eigenvalue weighted by Gasteiger charge is 2.23. The van der Waals surface area contributed by atoms with E-state index in [0.29, 0.717) is 22.8 Å². The highest BCUT2D eigenvalue weighted by molar-refractivity contribution is 6.03. The van der Waals surface area contributed by atoms with Crippen LogP contribution in [-0.4, -0.2) is 67.5 Å². The number of hydrogen-bond acceptors (Lipinski definition) is 9. The molecule has 1 heterocycles. The molecule has 2 aliphatic rings. The fourth-order valence-electron chi connectivity index (χ4n) is 4.36. The van der Waals surface area contributed by atoms with Crippen molar-refractivity contribution in [1.29, 1.82) is 0 Å². The molecule has 0 bridgehead atoms. The Labute approximate surface area is 221 Å². The number of esters is 2. The van der Waals surface area contributed by atoms with Gasteiger partial charge in [0.1, 0.15) is 30.2 Å². The Morgan fingerprint density at radius 2 is 1.61 bits per heavy atom. The Balaban J connectivity index is 2.00. The Hall–Kier alpha value is -4.53. The number of ether oxygens (including phenoxy) is 3. The van der Waals surface area contributed by atoms with Crippen molar-refractivity contribution in [3.05, 3.63) is 60.0 Å².